The maximum absolute atomic E-state index is 4.27. The van der Waals surface area contributed by atoms with Gasteiger partial charge in [-0.2, -0.15) is 15.4 Å². The lowest BCUT2D eigenvalue weighted by atomic mass is 10.1. The van der Waals surface area contributed by atoms with Crippen LogP contribution in [0.2, 0.25) is 0 Å². The summed E-state index contributed by atoms with van der Waals surface area (Å²) in [5.41, 5.74) is 4.36. The Kier molecular flexibility index (Phi) is 4.10. The van der Waals surface area contributed by atoms with Gasteiger partial charge in [-0.25, -0.2) is 0 Å². The molecule has 4 nitrogen and oxygen atoms in total. The number of aromatic nitrogens is 3. The van der Waals surface area contributed by atoms with Crippen LogP contribution in [0, 0.1) is 6.92 Å². The smallest absolute Gasteiger partial charge is 0.117 e. The van der Waals surface area contributed by atoms with E-state index in [0.29, 0.717) is 0 Å². The van der Waals surface area contributed by atoms with E-state index in [4.69, 9.17) is 0 Å². The van der Waals surface area contributed by atoms with Crippen LogP contribution in [0.5, 0.6) is 0 Å². The molecule has 0 radical (unpaired) electrons. The predicted octanol–water partition coefficient (Wildman–Crippen LogP) is 2.62. The minimum atomic E-state index is 0.840. The number of hydrogen-bond acceptors (Lipinski definition) is 3. The molecule has 18 heavy (non-hydrogen) atoms. The van der Waals surface area contributed by atoms with Crippen molar-refractivity contribution in [1.29, 1.82) is 0 Å². The molecule has 0 bridgehead atoms. The van der Waals surface area contributed by atoms with Crippen LogP contribution < -0.4 is 0 Å². The Morgan fingerprint density at radius 2 is 1.72 bits per heavy atom. The fourth-order valence-electron chi connectivity index (χ4n) is 1.96. The fourth-order valence-corrected chi connectivity index (χ4v) is 1.96. The monoisotopic (exact) mass is 244 g/mol. The van der Waals surface area contributed by atoms with Gasteiger partial charge in [0.25, 0.3) is 0 Å². The molecule has 2 aromatic rings. The van der Waals surface area contributed by atoms with Crippen LogP contribution in [0.25, 0.3) is 11.3 Å². The summed E-state index contributed by atoms with van der Waals surface area (Å²) in [6, 6.07) is 8.40. The Balaban J connectivity index is 2.24. The molecule has 0 amide bonds. The largest absolute Gasteiger partial charge is 0.298 e. The van der Waals surface area contributed by atoms with Crippen molar-refractivity contribution < 1.29 is 0 Å². The Labute approximate surface area is 108 Å². The highest BCUT2D eigenvalue weighted by Crippen LogP contribution is 2.20. The molecule has 0 aliphatic carbocycles. The van der Waals surface area contributed by atoms with E-state index in [1.807, 2.05) is 0 Å². The molecule has 1 heterocycles. The first-order valence-electron chi connectivity index (χ1n) is 6.43. The lowest BCUT2D eigenvalue weighted by molar-refractivity contribution is 0.292. The second kappa shape index (κ2) is 5.78. The number of hydrogen-bond donors (Lipinski definition) is 1. The van der Waals surface area contributed by atoms with Crippen molar-refractivity contribution in [2.24, 2.45) is 0 Å². The molecule has 1 N–H and O–H groups in total. The number of nitrogens with one attached hydrogen (secondary N) is 1. The minimum absolute atomic E-state index is 0.840. The van der Waals surface area contributed by atoms with Gasteiger partial charge in [0, 0.05) is 12.1 Å². The zero-order valence-corrected chi connectivity index (χ0v) is 11.3. The van der Waals surface area contributed by atoms with Crippen LogP contribution in [0.3, 0.4) is 0 Å². The quantitative estimate of drug-likeness (QED) is 0.879. The summed E-state index contributed by atoms with van der Waals surface area (Å²) in [7, 11) is 0. The number of benzene rings is 1. The van der Waals surface area contributed by atoms with Crippen molar-refractivity contribution in [2.75, 3.05) is 13.1 Å². The molecule has 0 atom stereocenters. The van der Waals surface area contributed by atoms with E-state index in [0.717, 1.165) is 36.6 Å². The summed E-state index contributed by atoms with van der Waals surface area (Å²) in [6.45, 7) is 9.30. The minimum Gasteiger partial charge on any atom is -0.298 e. The number of rotatable bonds is 5. The molecule has 4 heteroatoms. The highest BCUT2D eigenvalue weighted by molar-refractivity contribution is 5.61. The molecule has 0 spiro atoms. The van der Waals surface area contributed by atoms with E-state index < -0.39 is 0 Å². The predicted molar refractivity (Wildman–Crippen MR) is 73.2 cm³/mol. The number of nitrogens with zero attached hydrogens (tertiary/aromatic N) is 3. The third-order valence-corrected chi connectivity index (χ3v) is 3.21. The van der Waals surface area contributed by atoms with Crippen LogP contribution in [0.15, 0.2) is 24.3 Å². The van der Waals surface area contributed by atoms with Gasteiger partial charge in [-0.05, 0) is 20.0 Å². The molecule has 1 aromatic carbocycles. The topological polar surface area (TPSA) is 44.8 Å². The zero-order chi connectivity index (χ0) is 13.0. The average Bonchev–Trinajstić information content (AvgIpc) is 2.85. The summed E-state index contributed by atoms with van der Waals surface area (Å²) in [5.74, 6) is 0. The first-order chi connectivity index (χ1) is 8.74. The van der Waals surface area contributed by atoms with Gasteiger partial charge in [-0.15, -0.1) is 0 Å². The van der Waals surface area contributed by atoms with E-state index in [-0.39, 0.29) is 0 Å². The number of aromatic amines is 1. The van der Waals surface area contributed by atoms with Gasteiger partial charge >= 0.3 is 0 Å². The van der Waals surface area contributed by atoms with E-state index >= 15 is 0 Å². The normalized spacial score (nSPS) is 11.1. The van der Waals surface area contributed by atoms with Gasteiger partial charge < -0.3 is 0 Å². The van der Waals surface area contributed by atoms with Crippen molar-refractivity contribution in [3.63, 3.8) is 0 Å². The summed E-state index contributed by atoms with van der Waals surface area (Å²) >= 11 is 0. The van der Waals surface area contributed by atoms with Crippen LogP contribution in [0.4, 0.5) is 0 Å². The van der Waals surface area contributed by atoms with E-state index in [1.165, 1.54) is 5.56 Å². The highest BCUT2D eigenvalue weighted by atomic mass is 15.3. The molecule has 0 fully saturated rings. The lowest BCUT2D eigenvalue weighted by Gasteiger charge is -2.16. The van der Waals surface area contributed by atoms with Crippen molar-refractivity contribution in [3.05, 3.63) is 35.5 Å². The van der Waals surface area contributed by atoms with Gasteiger partial charge in [0.2, 0.25) is 0 Å². The van der Waals surface area contributed by atoms with Crippen LogP contribution in [-0.2, 0) is 6.54 Å². The molecule has 0 aliphatic rings. The molecule has 0 saturated heterocycles. The molecule has 2 rings (SSSR count). The summed E-state index contributed by atoms with van der Waals surface area (Å²) in [4.78, 5) is 2.33. The van der Waals surface area contributed by atoms with Crippen molar-refractivity contribution in [3.8, 4) is 11.3 Å². The Bertz CT molecular complexity index is 483. The van der Waals surface area contributed by atoms with Crippen LogP contribution >= 0.6 is 0 Å². The Morgan fingerprint density at radius 3 is 2.33 bits per heavy atom. The standard InChI is InChI=1S/C14H20N4/c1-4-18(5-2)10-13-14(16-17-15-13)12-8-6-11(3)7-9-12/h6-9H,4-5,10H2,1-3H3,(H,15,16,17). The maximum Gasteiger partial charge on any atom is 0.117 e. The third-order valence-electron chi connectivity index (χ3n) is 3.21. The second-order valence-corrected chi connectivity index (χ2v) is 4.45. The van der Waals surface area contributed by atoms with Gasteiger partial charge in [-0.3, -0.25) is 4.90 Å². The van der Waals surface area contributed by atoms with Gasteiger partial charge in [-0.1, -0.05) is 43.7 Å². The van der Waals surface area contributed by atoms with Crippen molar-refractivity contribution >= 4 is 0 Å². The van der Waals surface area contributed by atoms with E-state index in [9.17, 15) is 0 Å². The van der Waals surface area contributed by atoms with Gasteiger partial charge in [0.15, 0.2) is 0 Å². The third kappa shape index (κ3) is 2.76. The fraction of sp³-hybridized carbons (Fsp3) is 0.429. The van der Waals surface area contributed by atoms with Crippen molar-refractivity contribution in [2.45, 2.75) is 27.3 Å². The number of H-pyrrole nitrogens is 1. The molecule has 0 aliphatic heterocycles. The second-order valence-electron chi connectivity index (χ2n) is 4.45. The Hall–Kier alpha value is -1.68. The molecular weight excluding hydrogens is 224 g/mol. The first kappa shape index (κ1) is 12.8. The molecule has 96 valence electrons. The van der Waals surface area contributed by atoms with Gasteiger partial charge in [0.1, 0.15) is 11.4 Å². The maximum atomic E-state index is 4.27. The average molecular weight is 244 g/mol. The van der Waals surface area contributed by atoms with Crippen LogP contribution in [0.1, 0.15) is 25.1 Å². The Morgan fingerprint density at radius 1 is 1.06 bits per heavy atom. The first-order valence-corrected chi connectivity index (χ1v) is 6.43. The van der Waals surface area contributed by atoms with Gasteiger partial charge in [0.05, 0.1) is 0 Å². The van der Waals surface area contributed by atoms with Crippen molar-refractivity contribution in [1.82, 2.24) is 20.3 Å². The zero-order valence-electron chi connectivity index (χ0n) is 11.3. The summed E-state index contributed by atoms with van der Waals surface area (Å²) < 4.78 is 0. The molecule has 0 saturated carbocycles. The van der Waals surface area contributed by atoms with Crippen LogP contribution in [-0.4, -0.2) is 33.4 Å². The lowest BCUT2D eigenvalue weighted by Crippen LogP contribution is -2.22. The SMILES string of the molecule is CCN(CC)Cc1n[nH]nc1-c1ccc(C)cc1. The molecular formula is C14H20N4. The highest BCUT2D eigenvalue weighted by Gasteiger charge is 2.12. The summed E-state index contributed by atoms with van der Waals surface area (Å²) in [6.07, 6.45) is 0. The van der Waals surface area contributed by atoms with E-state index in [1.54, 1.807) is 0 Å². The molecule has 1 aromatic heterocycles. The number of aryl methyl sites for hydroxylation is 1. The molecule has 0 unspecified atom stereocenters. The summed E-state index contributed by atoms with van der Waals surface area (Å²) in [5, 5.41) is 11.3. The van der Waals surface area contributed by atoms with E-state index in [2.05, 4.69) is 65.3 Å².